The quantitative estimate of drug-likeness (QED) is 0.480. The summed E-state index contributed by atoms with van der Waals surface area (Å²) in [5.41, 5.74) is 1.45. The molecule has 0 radical (unpaired) electrons. The SMILES string of the molecule is CCCCOC(=O)c1ccc(NC(=O)[C@H]2CC(=O)N(c3cccc(Cl)c3Cl)C2)cc1. The van der Waals surface area contributed by atoms with Gasteiger partial charge in [0.1, 0.15) is 0 Å². The average molecular weight is 449 g/mol. The van der Waals surface area contributed by atoms with Gasteiger partial charge >= 0.3 is 5.97 Å². The lowest BCUT2D eigenvalue weighted by molar-refractivity contribution is -0.122. The Balaban J connectivity index is 1.60. The van der Waals surface area contributed by atoms with Crippen LogP contribution in [0.3, 0.4) is 0 Å². The lowest BCUT2D eigenvalue weighted by Gasteiger charge is -2.18. The maximum Gasteiger partial charge on any atom is 0.338 e. The second kappa shape index (κ2) is 9.96. The molecule has 1 fully saturated rings. The van der Waals surface area contributed by atoms with E-state index >= 15 is 0 Å². The number of ether oxygens (including phenoxy) is 1. The van der Waals surface area contributed by atoms with Crippen LogP contribution in [0.5, 0.6) is 0 Å². The Labute approximate surface area is 185 Å². The summed E-state index contributed by atoms with van der Waals surface area (Å²) in [6.45, 7) is 2.62. The van der Waals surface area contributed by atoms with E-state index in [1.807, 2.05) is 6.92 Å². The van der Waals surface area contributed by atoms with Crippen LogP contribution in [0.4, 0.5) is 11.4 Å². The van der Waals surface area contributed by atoms with E-state index in [-0.39, 0.29) is 29.8 Å². The number of halogens is 2. The normalized spacial score (nSPS) is 15.9. The van der Waals surface area contributed by atoms with Crippen molar-refractivity contribution in [2.24, 2.45) is 5.92 Å². The third kappa shape index (κ3) is 5.12. The molecule has 0 unspecified atom stereocenters. The van der Waals surface area contributed by atoms with Gasteiger partial charge in [-0.2, -0.15) is 0 Å². The summed E-state index contributed by atoms with van der Waals surface area (Å²) in [6, 6.07) is 11.5. The molecule has 158 valence electrons. The van der Waals surface area contributed by atoms with E-state index in [0.717, 1.165) is 12.8 Å². The Morgan fingerprint density at radius 3 is 2.60 bits per heavy atom. The zero-order valence-corrected chi connectivity index (χ0v) is 18.0. The second-order valence-corrected chi connectivity index (χ2v) is 7.82. The molecule has 1 N–H and O–H groups in total. The maximum atomic E-state index is 12.6. The minimum absolute atomic E-state index is 0.0799. The van der Waals surface area contributed by atoms with E-state index in [1.54, 1.807) is 42.5 Å². The topological polar surface area (TPSA) is 75.7 Å². The minimum Gasteiger partial charge on any atom is -0.462 e. The molecule has 0 spiro atoms. The number of rotatable bonds is 7. The number of nitrogens with one attached hydrogen (secondary N) is 1. The van der Waals surface area contributed by atoms with Gasteiger partial charge in [-0.05, 0) is 42.8 Å². The molecule has 0 bridgehead atoms. The molecule has 0 aromatic heterocycles. The van der Waals surface area contributed by atoms with Crippen molar-refractivity contribution in [3.63, 3.8) is 0 Å². The van der Waals surface area contributed by atoms with Crippen molar-refractivity contribution in [3.05, 3.63) is 58.1 Å². The summed E-state index contributed by atoms with van der Waals surface area (Å²) < 4.78 is 5.16. The van der Waals surface area contributed by atoms with Gasteiger partial charge in [0.25, 0.3) is 0 Å². The first-order chi connectivity index (χ1) is 14.4. The van der Waals surface area contributed by atoms with Crippen molar-refractivity contribution in [1.82, 2.24) is 0 Å². The molecule has 1 aliphatic rings. The van der Waals surface area contributed by atoms with Crippen LogP contribution in [0.25, 0.3) is 0 Å². The average Bonchev–Trinajstić information content (AvgIpc) is 3.12. The van der Waals surface area contributed by atoms with Gasteiger partial charge in [0.05, 0.1) is 33.8 Å². The summed E-state index contributed by atoms with van der Waals surface area (Å²) in [5.74, 6) is -1.38. The van der Waals surface area contributed by atoms with Crippen molar-refractivity contribution in [3.8, 4) is 0 Å². The highest BCUT2D eigenvalue weighted by atomic mass is 35.5. The molecule has 0 saturated carbocycles. The van der Waals surface area contributed by atoms with Crippen LogP contribution in [0.2, 0.25) is 10.0 Å². The molecule has 2 amide bonds. The monoisotopic (exact) mass is 448 g/mol. The predicted molar refractivity (Wildman–Crippen MR) is 117 cm³/mol. The van der Waals surface area contributed by atoms with E-state index in [0.29, 0.717) is 28.6 Å². The second-order valence-electron chi connectivity index (χ2n) is 7.03. The largest absolute Gasteiger partial charge is 0.462 e. The van der Waals surface area contributed by atoms with E-state index in [2.05, 4.69) is 5.32 Å². The van der Waals surface area contributed by atoms with Crippen LogP contribution in [0.15, 0.2) is 42.5 Å². The van der Waals surface area contributed by atoms with Crippen molar-refractivity contribution in [2.45, 2.75) is 26.2 Å². The predicted octanol–water partition coefficient (Wildman–Crippen LogP) is 4.94. The molecule has 1 atom stereocenters. The van der Waals surface area contributed by atoms with Gasteiger partial charge < -0.3 is 15.0 Å². The molecule has 2 aromatic rings. The smallest absolute Gasteiger partial charge is 0.338 e. The van der Waals surface area contributed by atoms with E-state index in [1.165, 1.54) is 4.90 Å². The highest BCUT2D eigenvalue weighted by molar-refractivity contribution is 6.44. The molecule has 1 aliphatic heterocycles. The number of amides is 2. The Kier molecular flexibility index (Phi) is 7.34. The van der Waals surface area contributed by atoms with Gasteiger partial charge in [0, 0.05) is 18.7 Å². The van der Waals surface area contributed by atoms with E-state index < -0.39 is 11.9 Å². The first-order valence-electron chi connectivity index (χ1n) is 9.73. The Bertz CT molecular complexity index is 947. The van der Waals surface area contributed by atoms with Crippen molar-refractivity contribution >= 4 is 52.4 Å². The van der Waals surface area contributed by atoms with Crippen LogP contribution in [-0.2, 0) is 14.3 Å². The number of carbonyl (C=O) groups excluding carboxylic acids is 3. The number of unbranched alkanes of at least 4 members (excludes halogenated alkanes) is 1. The summed E-state index contributed by atoms with van der Waals surface area (Å²) in [7, 11) is 0. The summed E-state index contributed by atoms with van der Waals surface area (Å²) in [5, 5.41) is 3.43. The summed E-state index contributed by atoms with van der Waals surface area (Å²) >= 11 is 12.2. The maximum absolute atomic E-state index is 12.6. The highest BCUT2D eigenvalue weighted by Gasteiger charge is 2.36. The van der Waals surface area contributed by atoms with Gasteiger partial charge in [0.15, 0.2) is 0 Å². The Hall–Kier alpha value is -2.57. The van der Waals surface area contributed by atoms with Crippen LogP contribution >= 0.6 is 23.2 Å². The number of benzene rings is 2. The number of carbonyl (C=O) groups is 3. The number of esters is 1. The van der Waals surface area contributed by atoms with Gasteiger partial charge in [-0.1, -0.05) is 42.6 Å². The lowest BCUT2D eigenvalue weighted by atomic mass is 10.1. The molecular weight excluding hydrogens is 427 g/mol. The van der Waals surface area contributed by atoms with E-state index in [4.69, 9.17) is 27.9 Å². The third-order valence-corrected chi connectivity index (χ3v) is 5.65. The van der Waals surface area contributed by atoms with Crippen LogP contribution in [-0.4, -0.2) is 30.9 Å². The number of nitrogens with zero attached hydrogens (tertiary/aromatic N) is 1. The van der Waals surface area contributed by atoms with Gasteiger partial charge in [0.2, 0.25) is 11.8 Å². The van der Waals surface area contributed by atoms with Crippen molar-refractivity contribution < 1.29 is 19.1 Å². The zero-order chi connectivity index (χ0) is 21.7. The van der Waals surface area contributed by atoms with Crippen LogP contribution < -0.4 is 10.2 Å². The zero-order valence-electron chi connectivity index (χ0n) is 16.5. The molecular formula is C22H22Cl2N2O4. The lowest BCUT2D eigenvalue weighted by Crippen LogP contribution is -2.28. The van der Waals surface area contributed by atoms with Gasteiger partial charge in [-0.3, -0.25) is 9.59 Å². The number of hydrogen-bond acceptors (Lipinski definition) is 4. The summed E-state index contributed by atoms with van der Waals surface area (Å²) in [4.78, 5) is 38.5. The fraction of sp³-hybridized carbons (Fsp3) is 0.318. The third-order valence-electron chi connectivity index (χ3n) is 4.84. The van der Waals surface area contributed by atoms with Crippen molar-refractivity contribution in [2.75, 3.05) is 23.4 Å². The van der Waals surface area contributed by atoms with E-state index in [9.17, 15) is 14.4 Å². The molecule has 0 aliphatic carbocycles. The Morgan fingerprint density at radius 1 is 1.17 bits per heavy atom. The first kappa shape index (κ1) is 22.1. The van der Waals surface area contributed by atoms with Gasteiger partial charge in [-0.25, -0.2) is 4.79 Å². The Morgan fingerprint density at radius 2 is 1.90 bits per heavy atom. The molecule has 3 rings (SSSR count). The number of hydrogen-bond donors (Lipinski definition) is 1. The van der Waals surface area contributed by atoms with Crippen LogP contribution in [0, 0.1) is 5.92 Å². The fourth-order valence-corrected chi connectivity index (χ4v) is 3.54. The minimum atomic E-state index is -0.522. The summed E-state index contributed by atoms with van der Waals surface area (Å²) in [6.07, 6.45) is 1.84. The molecule has 2 aromatic carbocycles. The van der Waals surface area contributed by atoms with Gasteiger partial charge in [-0.15, -0.1) is 0 Å². The number of anilines is 2. The van der Waals surface area contributed by atoms with Crippen LogP contribution in [0.1, 0.15) is 36.5 Å². The molecule has 8 heteroatoms. The first-order valence-corrected chi connectivity index (χ1v) is 10.5. The molecule has 6 nitrogen and oxygen atoms in total. The highest BCUT2D eigenvalue weighted by Crippen LogP contribution is 2.35. The molecule has 1 saturated heterocycles. The standard InChI is InChI=1S/C22H22Cl2N2O4/c1-2-3-11-30-22(29)14-7-9-16(10-8-14)25-21(28)15-12-19(27)26(13-15)18-6-4-5-17(23)20(18)24/h4-10,15H,2-3,11-13H2,1H3,(H,25,28)/t15-/m0/s1. The van der Waals surface area contributed by atoms with Crippen molar-refractivity contribution in [1.29, 1.82) is 0 Å². The fourth-order valence-electron chi connectivity index (χ4n) is 3.14. The molecule has 30 heavy (non-hydrogen) atoms. The molecule has 1 heterocycles.